The molecule has 0 aromatic carbocycles. The number of thiol groups is 1. The third kappa shape index (κ3) is 4.51. The molecule has 11 heavy (non-hydrogen) atoms. The van der Waals surface area contributed by atoms with Gasteiger partial charge in [0.05, 0.1) is 5.25 Å². The molecular formula is C6H11NO2SV. The molecule has 1 saturated heterocycles. The van der Waals surface area contributed by atoms with Crippen LogP contribution in [0.1, 0.15) is 20.3 Å². The van der Waals surface area contributed by atoms with Gasteiger partial charge in [0.1, 0.15) is 0 Å². The molecule has 3 nitrogen and oxygen atoms in total. The minimum Gasteiger partial charge on any atom is -0.295 e. The number of amides is 2. The molecule has 1 heterocycles. The van der Waals surface area contributed by atoms with Gasteiger partial charge in [-0.2, -0.15) is 12.6 Å². The van der Waals surface area contributed by atoms with Crippen molar-refractivity contribution in [2.45, 2.75) is 25.5 Å². The molecule has 0 bridgehead atoms. The van der Waals surface area contributed by atoms with E-state index in [1.54, 1.807) is 0 Å². The molecule has 1 unspecified atom stereocenters. The Morgan fingerprint density at radius 3 is 2.00 bits per heavy atom. The van der Waals surface area contributed by atoms with E-state index in [9.17, 15) is 9.59 Å². The fourth-order valence-corrected chi connectivity index (χ4v) is 0.770. The summed E-state index contributed by atoms with van der Waals surface area (Å²) in [6.45, 7) is 4.00. The minimum absolute atomic E-state index is 0. The molecule has 0 spiro atoms. The quantitative estimate of drug-likeness (QED) is 0.449. The van der Waals surface area contributed by atoms with Crippen LogP contribution < -0.4 is 5.32 Å². The molecule has 1 atom stereocenters. The van der Waals surface area contributed by atoms with Crippen molar-refractivity contribution in [1.29, 1.82) is 0 Å². The normalized spacial score (nSPS) is 21.2. The first-order chi connectivity index (χ1) is 4.70. The topological polar surface area (TPSA) is 46.2 Å². The fourth-order valence-electron chi connectivity index (χ4n) is 0.540. The molecule has 0 aromatic heterocycles. The zero-order chi connectivity index (χ0) is 8.15. The third-order valence-electron chi connectivity index (χ3n) is 0.944. The Balaban J connectivity index is 0. The molecule has 1 aliphatic heterocycles. The average Bonchev–Trinajstić information content (AvgIpc) is 2.16. The van der Waals surface area contributed by atoms with Crippen molar-refractivity contribution in [2.24, 2.45) is 0 Å². The van der Waals surface area contributed by atoms with Crippen molar-refractivity contribution < 1.29 is 28.1 Å². The summed E-state index contributed by atoms with van der Waals surface area (Å²) in [7, 11) is 0. The summed E-state index contributed by atoms with van der Waals surface area (Å²) in [5, 5.41) is 1.70. The van der Waals surface area contributed by atoms with Crippen LogP contribution in [0.25, 0.3) is 0 Å². The van der Waals surface area contributed by atoms with Crippen molar-refractivity contribution >= 4 is 24.4 Å². The van der Waals surface area contributed by atoms with E-state index in [0.717, 1.165) is 0 Å². The van der Waals surface area contributed by atoms with Crippen LogP contribution in [0.5, 0.6) is 0 Å². The van der Waals surface area contributed by atoms with Crippen molar-refractivity contribution in [2.75, 3.05) is 0 Å². The SMILES string of the molecule is CC.O=C1CC(S)C(=O)N1.[V]. The van der Waals surface area contributed by atoms with Gasteiger partial charge < -0.3 is 0 Å². The molecule has 2 amide bonds. The Morgan fingerprint density at radius 1 is 1.45 bits per heavy atom. The predicted molar refractivity (Wildman–Crippen MR) is 41.9 cm³/mol. The zero-order valence-corrected chi connectivity index (χ0v) is 8.79. The van der Waals surface area contributed by atoms with E-state index < -0.39 is 5.25 Å². The van der Waals surface area contributed by atoms with Crippen LogP contribution in [0.4, 0.5) is 0 Å². The third-order valence-corrected chi connectivity index (χ3v) is 1.36. The minimum atomic E-state index is -0.414. The number of imide groups is 1. The van der Waals surface area contributed by atoms with Gasteiger partial charge in [-0.15, -0.1) is 0 Å². The van der Waals surface area contributed by atoms with Crippen LogP contribution in [0.2, 0.25) is 0 Å². The molecule has 1 rings (SSSR count). The van der Waals surface area contributed by atoms with Gasteiger partial charge in [-0.3, -0.25) is 14.9 Å². The van der Waals surface area contributed by atoms with E-state index in [4.69, 9.17) is 0 Å². The van der Waals surface area contributed by atoms with Gasteiger partial charge >= 0.3 is 0 Å². The summed E-state index contributed by atoms with van der Waals surface area (Å²) in [4.78, 5) is 20.7. The maximum atomic E-state index is 10.4. The summed E-state index contributed by atoms with van der Waals surface area (Å²) in [5.74, 6) is -0.506. The van der Waals surface area contributed by atoms with Crippen molar-refractivity contribution in [3.8, 4) is 0 Å². The first-order valence-corrected chi connectivity index (χ1v) is 3.73. The average molecular weight is 212 g/mol. The van der Waals surface area contributed by atoms with Gasteiger partial charge in [-0.1, -0.05) is 13.8 Å². The molecule has 0 aliphatic carbocycles. The van der Waals surface area contributed by atoms with Gasteiger partial charge in [0.2, 0.25) is 11.8 Å². The molecule has 0 aromatic rings. The van der Waals surface area contributed by atoms with Gasteiger partial charge in [0.15, 0.2) is 0 Å². The summed E-state index contributed by atoms with van der Waals surface area (Å²) >= 11 is 3.81. The molecule has 0 saturated carbocycles. The Bertz CT molecular complexity index is 152. The Kier molecular flexibility index (Phi) is 8.39. The van der Waals surface area contributed by atoms with Crippen LogP contribution >= 0.6 is 12.6 Å². The summed E-state index contributed by atoms with van der Waals surface area (Å²) in [5.41, 5.74) is 0. The van der Waals surface area contributed by atoms with Crippen molar-refractivity contribution in [3.63, 3.8) is 0 Å². The van der Waals surface area contributed by atoms with Crippen LogP contribution in [0, 0.1) is 0 Å². The second-order valence-corrected chi connectivity index (χ2v) is 2.26. The number of hydrogen-bond acceptors (Lipinski definition) is 3. The van der Waals surface area contributed by atoms with E-state index in [-0.39, 0.29) is 36.8 Å². The van der Waals surface area contributed by atoms with E-state index >= 15 is 0 Å². The number of carbonyl (C=O) groups excluding carboxylic acids is 2. The standard InChI is InChI=1S/C4H5NO2S.C2H6.V/c6-3-1-2(8)4(7)5-3;1-2;/h2,8H,1H2,(H,5,6,7);1-2H3;. The first-order valence-electron chi connectivity index (χ1n) is 3.22. The number of carbonyl (C=O) groups is 2. The summed E-state index contributed by atoms with van der Waals surface area (Å²) in [6.07, 6.45) is 0.224. The van der Waals surface area contributed by atoms with E-state index in [2.05, 4.69) is 17.9 Å². The van der Waals surface area contributed by atoms with Crippen molar-refractivity contribution in [3.05, 3.63) is 0 Å². The van der Waals surface area contributed by atoms with Crippen LogP contribution in [0.15, 0.2) is 0 Å². The Morgan fingerprint density at radius 2 is 1.91 bits per heavy atom. The van der Waals surface area contributed by atoms with Crippen LogP contribution in [-0.4, -0.2) is 17.1 Å². The first kappa shape index (κ1) is 13.6. The van der Waals surface area contributed by atoms with Crippen LogP contribution in [-0.2, 0) is 28.1 Å². The predicted octanol–water partition coefficient (Wildman–Crippen LogP) is 0.355. The molecule has 1 radical (unpaired) electrons. The van der Waals surface area contributed by atoms with E-state index in [1.807, 2.05) is 13.8 Å². The van der Waals surface area contributed by atoms with Crippen molar-refractivity contribution in [1.82, 2.24) is 5.32 Å². The summed E-state index contributed by atoms with van der Waals surface area (Å²) in [6, 6.07) is 0. The molecule has 1 N–H and O–H groups in total. The Labute approximate surface area is 83.6 Å². The van der Waals surface area contributed by atoms with E-state index in [1.165, 1.54) is 0 Å². The zero-order valence-electron chi connectivity index (χ0n) is 6.50. The second-order valence-electron chi connectivity index (χ2n) is 1.63. The molecule has 1 fully saturated rings. The number of rotatable bonds is 0. The van der Waals surface area contributed by atoms with Gasteiger partial charge in [-0.05, 0) is 0 Å². The number of hydrogen-bond donors (Lipinski definition) is 2. The molecule has 1 aliphatic rings. The fraction of sp³-hybridized carbons (Fsp3) is 0.667. The monoisotopic (exact) mass is 212 g/mol. The maximum absolute atomic E-state index is 10.4. The van der Waals surface area contributed by atoms with Crippen LogP contribution in [0.3, 0.4) is 0 Å². The van der Waals surface area contributed by atoms with Gasteiger partial charge in [0, 0.05) is 25.0 Å². The second kappa shape index (κ2) is 6.76. The smallest absolute Gasteiger partial charge is 0.239 e. The summed E-state index contributed by atoms with van der Waals surface area (Å²) < 4.78 is 0. The molecule has 5 heteroatoms. The van der Waals surface area contributed by atoms with E-state index in [0.29, 0.717) is 0 Å². The number of nitrogens with one attached hydrogen (secondary N) is 1. The molecular weight excluding hydrogens is 201 g/mol. The molecule has 63 valence electrons. The largest absolute Gasteiger partial charge is 0.295 e. The maximum Gasteiger partial charge on any atom is 0.239 e. The van der Waals surface area contributed by atoms with Gasteiger partial charge in [0.25, 0.3) is 0 Å². The Hall–Kier alpha value is 0.0744. The van der Waals surface area contributed by atoms with Gasteiger partial charge in [-0.25, -0.2) is 0 Å².